The third kappa shape index (κ3) is 2.58. The number of anilines is 1. The second-order valence-electron chi connectivity index (χ2n) is 4.66. The van der Waals surface area contributed by atoms with Gasteiger partial charge >= 0.3 is 0 Å². The van der Waals surface area contributed by atoms with E-state index in [0.717, 1.165) is 29.0 Å². The van der Waals surface area contributed by atoms with Crippen molar-refractivity contribution >= 4 is 17.0 Å². The zero-order valence-electron chi connectivity index (χ0n) is 11.2. The Morgan fingerprint density at radius 1 is 1.20 bits per heavy atom. The van der Waals surface area contributed by atoms with Crippen LogP contribution in [0.1, 0.15) is 17.0 Å². The van der Waals surface area contributed by atoms with E-state index in [9.17, 15) is 0 Å². The first-order valence-electron chi connectivity index (χ1n) is 6.44. The van der Waals surface area contributed by atoms with Crippen LogP contribution >= 0.6 is 11.3 Å². The Bertz CT molecular complexity index is 703. The summed E-state index contributed by atoms with van der Waals surface area (Å²) in [5.74, 6) is 1.23. The van der Waals surface area contributed by atoms with Gasteiger partial charge in [-0.15, -0.1) is 11.3 Å². The molecule has 5 heteroatoms. The molecule has 0 bridgehead atoms. The molecular weight excluding hydrogens is 270 g/mol. The summed E-state index contributed by atoms with van der Waals surface area (Å²) in [6, 6.07) is 10.3. The van der Waals surface area contributed by atoms with Gasteiger partial charge in [0.2, 0.25) is 0 Å². The van der Waals surface area contributed by atoms with Crippen LogP contribution in [0.4, 0.5) is 5.69 Å². The molecule has 2 N–H and O–H groups in total. The molecule has 0 radical (unpaired) electrons. The first-order valence-corrected chi connectivity index (χ1v) is 7.32. The second kappa shape index (κ2) is 5.46. The lowest BCUT2D eigenvalue weighted by molar-refractivity contribution is 0.423. The van der Waals surface area contributed by atoms with Crippen molar-refractivity contribution in [1.29, 1.82) is 0 Å². The van der Waals surface area contributed by atoms with Crippen molar-refractivity contribution in [1.82, 2.24) is 10.1 Å². The second-order valence-corrected chi connectivity index (χ2v) is 5.54. The summed E-state index contributed by atoms with van der Waals surface area (Å²) in [6.45, 7) is 1.97. The highest BCUT2D eigenvalue weighted by atomic mass is 32.1. The molecule has 3 rings (SSSR count). The normalized spacial score (nSPS) is 10.8. The number of hydrogen-bond donors (Lipinski definition) is 1. The lowest BCUT2D eigenvalue weighted by Gasteiger charge is -1.96. The van der Waals surface area contributed by atoms with Gasteiger partial charge in [-0.05, 0) is 29.9 Å². The van der Waals surface area contributed by atoms with Crippen LogP contribution < -0.4 is 5.73 Å². The molecule has 4 nitrogen and oxygen atoms in total. The molecule has 0 saturated carbocycles. The van der Waals surface area contributed by atoms with Gasteiger partial charge in [0.05, 0.1) is 5.69 Å². The highest BCUT2D eigenvalue weighted by Crippen LogP contribution is 2.33. The average Bonchev–Trinajstić information content (AvgIpc) is 3.06. The van der Waals surface area contributed by atoms with Crippen LogP contribution in [0.3, 0.4) is 0 Å². The molecule has 102 valence electrons. The van der Waals surface area contributed by atoms with Gasteiger partial charge in [0, 0.05) is 6.42 Å². The number of nitrogens with zero attached hydrogens (tertiary/aromatic N) is 2. The number of thiophene rings is 1. The molecule has 0 unspecified atom stereocenters. The van der Waals surface area contributed by atoms with E-state index in [-0.39, 0.29) is 0 Å². The summed E-state index contributed by atoms with van der Waals surface area (Å²) in [5.41, 5.74) is 9.04. The number of nitrogen functional groups attached to an aromatic ring is 1. The monoisotopic (exact) mass is 285 g/mol. The first-order chi connectivity index (χ1) is 9.74. The summed E-state index contributed by atoms with van der Waals surface area (Å²) in [6.07, 6.45) is 1.66. The molecule has 0 saturated heterocycles. The van der Waals surface area contributed by atoms with Gasteiger partial charge in [-0.1, -0.05) is 35.5 Å². The van der Waals surface area contributed by atoms with Gasteiger partial charge in [-0.25, -0.2) is 0 Å². The summed E-state index contributed by atoms with van der Waals surface area (Å²) in [5, 5.41) is 6.02. The van der Waals surface area contributed by atoms with Gasteiger partial charge in [0.1, 0.15) is 4.88 Å². The first kappa shape index (κ1) is 12.9. The minimum atomic E-state index is 0.517. The fraction of sp³-hybridized carbons (Fsp3) is 0.200. The highest BCUT2D eigenvalue weighted by Gasteiger charge is 2.14. The van der Waals surface area contributed by atoms with E-state index in [1.165, 1.54) is 16.9 Å². The maximum atomic E-state index is 5.99. The predicted octanol–water partition coefficient (Wildman–Crippen LogP) is 3.47. The van der Waals surface area contributed by atoms with Crippen LogP contribution in [-0.4, -0.2) is 10.1 Å². The van der Waals surface area contributed by atoms with Crippen molar-refractivity contribution < 1.29 is 4.52 Å². The smallest absolute Gasteiger partial charge is 0.270 e. The quantitative estimate of drug-likeness (QED) is 0.797. The Morgan fingerprint density at radius 3 is 2.70 bits per heavy atom. The van der Waals surface area contributed by atoms with E-state index in [4.69, 9.17) is 10.3 Å². The average molecular weight is 285 g/mol. The Balaban J connectivity index is 1.73. The number of rotatable bonds is 4. The summed E-state index contributed by atoms with van der Waals surface area (Å²) < 4.78 is 5.30. The zero-order valence-corrected chi connectivity index (χ0v) is 12.0. The predicted molar refractivity (Wildman–Crippen MR) is 80.6 cm³/mol. The summed E-state index contributed by atoms with van der Waals surface area (Å²) >= 11 is 1.54. The van der Waals surface area contributed by atoms with E-state index >= 15 is 0 Å². The lowest BCUT2D eigenvalue weighted by atomic mass is 10.1. The molecule has 2 aromatic heterocycles. The third-order valence-electron chi connectivity index (χ3n) is 3.17. The van der Waals surface area contributed by atoms with E-state index in [2.05, 4.69) is 22.3 Å². The third-order valence-corrected chi connectivity index (χ3v) is 4.27. The molecule has 0 fully saturated rings. The molecule has 0 aliphatic heterocycles. The molecule has 0 aliphatic carbocycles. The van der Waals surface area contributed by atoms with Crippen molar-refractivity contribution in [3.05, 3.63) is 52.7 Å². The Hall–Kier alpha value is -2.14. The van der Waals surface area contributed by atoms with Gasteiger partial charge in [0.15, 0.2) is 5.82 Å². The number of aromatic nitrogens is 2. The van der Waals surface area contributed by atoms with Gasteiger partial charge in [-0.3, -0.25) is 0 Å². The van der Waals surface area contributed by atoms with Crippen LogP contribution in [-0.2, 0) is 12.8 Å². The Labute approximate surface area is 121 Å². The zero-order chi connectivity index (χ0) is 13.9. The molecule has 0 amide bonds. The standard InChI is InChI=1S/C15H15N3OS/c1-10-9-20-14(13(10)16)15-17-12(18-19-15)8-7-11-5-3-2-4-6-11/h2-6,9H,7-8,16H2,1H3. The minimum absolute atomic E-state index is 0.517. The molecule has 2 heterocycles. The van der Waals surface area contributed by atoms with Crippen molar-refractivity contribution in [3.8, 4) is 10.8 Å². The van der Waals surface area contributed by atoms with E-state index < -0.39 is 0 Å². The van der Waals surface area contributed by atoms with Crippen LogP contribution in [0, 0.1) is 6.92 Å². The lowest BCUT2D eigenvalue weighted by Crippen LogP contribution is -1.93. The molecule has 0 spiro atoms. The molecule has 20 heavy (non-hydrogen) atoms. The largest absolute Gasteiger partial charge is 0.397 e. The molecule has 3 aromatic rings. The fourth-order valence-corrected chi connectivity index (χ4v) is 2.86. The SMILES string of the molecule is Cc1csc(-c2nc(CCc3ccccc3)no2)c1N. The Morgan fingerprint density at radius 2 is 2.00 bits per heavy atom. The van der Waals surface area contributed by atoms with Crippen LogP contribution in [0.15, 0.2) is 40.2 Å². The maximum absolute atomic E-state index is 5.99. The van der Waals surface area contributed by atoms with Crippen molar-refractivity contribution in [3.63, 3.8) is 0 Å². The molecule has 0 aliphatic rings. The van der Waals surface area contributed by atoms with E-state index in [1.807, 2.05) is 30.5 Å². The maximum Gasteiger partial charge on any atom is 0.270 e. The van der Waals surface area contributed by atoms with Crippen molar-refractivity contribution in [2.24, 2.45) is 0 Å². The number of benzene rings is 1. The fourth-order valence-electron chi connectivity index (χ4n) is 1.97. The van der Waals surface area contributed by atoms with Crippen LogP contribution in [0.2, 0.25) is 0 Å². The molecule has 0 atom stereocenters. The van der Waals surface area contributed by atoms with Crippen LogP contribution in [0.25, 0.3) is 10.8 Å². The summed E-state index contributed by atoms with van der Waals surface area (Å²) in [7, 11) is 0. The van der Waals surface area contributed by atoms with Crippen LogP contribution in [0.5, 0.6) is 0 Å². The highest BCUT2D eigenvalue weighted by molar-refractivity contribution is 7.14. The van der Waals surface area contributed by atoms with Gasteiger partial charge < -0.3 is 10.3 Å². The number of aryl methyl sites for hydroxylation is 3. The van der Waals surface area contributed by atoms with E-state index in [1.54, 1.807) is 0 Å². The number of nitrogens with two attached hydrogens (primary N) is 1. The van der Waals surface area contributed by atoms with Crippen molar-refractivity contribution in [2.45, 2.75) is 19.8 Å². The topological polar surface area (TPSA) is 64.9 Å². The van der Waals surface area contributed by atoms with E-state index in [0.29, 0.717) is 11.7 Å². The molecule has 1 aromatic carbocycles. The Kier molecular flexibility index (Phi) is 3.52. The minimum Gasteiger partial charge on any atom is -0.397 e. The number of hydrogen-bond acceptors (Lipinski definition) is 5. The molecular formula is C15H15N3OS. The van der Waals surface area contributed by atoms with Gasteiger partial charge in [0.25, 0.3) is 5.89 Å². The summed E-state index contributed by atoms with van der Waals surface area (Å²) in [4.78, 5) is 5.28. The van der Waals surface area contributed by atoms with Crippen molar-refractivity contribution in [2.75, 3.05) is 5.73 Å². The van der Waals surface area contributed by atoms with Gasteiger partial charge in [-0.2, -0.15) is 4.98 Å².